The standard InChI is InChI=1S/C13H23N5O3S2.HI/c1-14-13(15-4-10-22-2)17-5-7-18(8-6-17)23(19,20)11-12-3-9-21-16-12;/h3,9H,4-8,10-11H2,1-2H3,(H,14,15);1H. The van der Waals surface area contributed by atoms with Gasteiger partial charge < -0.3 is 14.7 Å². The molecule has 1 aromatic rings. The molecule has 138 valence electrons. The Balaban J connectivity index is 0.00000288. The first-order valence-corrected chi connectivity index (χ1v) is 10.4. The number of rotatable bonds is 6. The molecule has 1 aliphatic rings. The number of guanidine groups is 1. The molecule has 1 fully saturated rings. The van der Waals surface area contributed by atoms with Gasteiger partial charge in [-0.1, -0.05) is 5.16 Å². The molecule has 11 heteroatoms. The van der Waals surface area contributed by atoms with Gasteiger partial charge in [0.15, 0.2) is 5.96 Å². The van der Waals surface area contributed by atoms with E-state index in [0.29, 0.717) is 31.9 Å². The maximum absolute atomic E-state index is 12.4. The molecule has 8 nitrogen and oxygen atoms in total. The topological polar surface area (TPSA) is 91.0 Å². The first-order chi connectivity index (χ1) is 11.1. The van der Waals surface area contributed by atoms with Crippen LogP contribution in [0.1, 0.15) is 5.69 Å². The van der Waals surface area contributed by atoms with Crippen molar-refractivity contribution in [2.24, 2.45) is 4.99 Å². The van der Waals surface area contributed by atoms with Gasteiger partial charge in [-0.15, -0.1) is 24.0 Å². The van der Waals surface area contributed by atoms with Crippen LogP contribution in [-0.2, 0) is 15.8 Å². The lowest BCUT2D eigenvalue weighted by Gasteiger charge is -2.35. The van der Waals surface area contributed by atoms with E-state index in [1.165, 1.54) is 10.6 Å². The largest absolute Gasteiger partial charge is 0.364 e. The Morgan fingerprint density at radius 1 is 1.42 bits per heavy atom. The van der Waals surface area contributed by atoms with E-state index in [2.05, 4.69) is 26.6 Å². The number of aromatic nitrogens is 1. The molecule has 2 rings (SSSR count). The summed E-state index contributed by atoms with van der Waals surface area (Å²) in [6, 6.07) is 1.57. The number of hydrogen-bond acceptors (Lipinski definition) is 6. The van der Waals surface area contributed by atoms with Gasteiger partial charge in [0.05, 0.1) is 5.69 Å². The van der Waals surface area contributed by atoms with Crippen LogP contribution in [0.4, 0.5) is 0 Å². The lowest BCUT2D eigenvalue weighted by atomic mass is 10.4. The molecule has 0 atom stereocenters. The van der Waals surface area contributed by atoms with E-state index in [9.17, 15) is 8.42 Å². The maximum Gasteiger partial charge on any atom is 0.220 e. The Labute approximate surface area is 164 Å². The zero-order chi connectivity index (χ0) is 16.7. The second-order valence-electron chi connectivity index (χ2n) is 5.10. The molecule has 1 saturated heterocycles. The van der Waals surface area contributed by atoms with Crippen molar-refractivity contribution >= 4 is 51.7 Å². The number of piperazine rings is 1. The van der Waals surface area contributed by atoms with Gasteiger partial charge in [0, 0.05) is 51.6 Å². The average molecular weight is 489 g/mol. The third-order valence-corrected chi connectivity index (χ3v) is 5.98. The van der Waals surface area contributed by atoms with Gasteiger partial charge in [-0.3, -0.25) is 4.99 Å². The minimum atomic E-state index is -3.36. The maximum atomic E-state index is 12.4. The molecule has 0 aromatic carbocycles. The molecular weight excluding hydrogens is 465 g/mol. The van der Waals surface area contributed by atoms with Crippen LogP contribution >= 0.6 is 35.7 Å². The number of thioether (sulfide) groups is 1. The van der Waals surface area contributed by atoms with Crippen LogP contribution in [0.2, 0.25) is 0 Å². The van der Waals surface area contributed by atoms with Gasteiger partial charge in [0.25, 0.3) is 0 Å². The fourth-order valence-electron chi connectivity index (χ4n) is 2.37. The number of sulfonamides is 1. The lowest BCUT2D eigenvalue weighted by molar-refractivity contribution is 0.260. The summed E-state index contributed by atoms with van der Waals surface area (Å²) < 4.78 is 31.0. The first-order valence-electron chi connectivity index (χ1n) is 7.38. The highest BCUT2D eigenvalue weighted by Crippen LogP contribution is 2.12. The van der Waals surface area contributed by atoms with E-state index in [4.69, 9.17) is 4.52 Å². The summed E-state index contributed by atoms with van der Waals surface area (Å²) in [5.41, 5.74) is 0.432. The van der Waals surface area contributed by atoms with Crippen LogP contribution in [0, 0.1) is 0 Å². The van der Waals surface area contributed by atoms with Gasteiger partial charge in [-0.2, -0.15) is 16.1 Å². The summed E-state index contributed by atoms with van der Waals surface area (Å²) in [5, 5.41) is 6.97. The summed E-state index contributed by atoms with van der Waals surface area (Å²) >= 11 is 1.77. The fraction of sp³-hybridized carbons (Fsp3) is 0.692. The van der Waals surface area contributed by atoms with Crippen molar-refractivity contribution in [2.45, 2.75) is 5.75 Å². The lowest BCUT2D eigenvalue weighted by Crippen LogP contribution is -2.54. The van der Waals surface area contributed by atoms with Gasteiger partial charge in [0.1, 0.15) is 12.0 Å². The van der Waals surface area contributed by atoms with E-state index >= 15 is 0 Å². The molecule has 0 bridgehead atoms. The third-order valence-electron chi connectivity index (χ3n) is 3.55. The third kappa shape index (κ3) is 6.08. The number of nitrogens with zero attached hydrogens (tertiary/aromatic N) is 4. The van der Waals surface area contributed by atoms with E-state index in [-0.39, 0.29) is 29.7 Å². The minimum absolute atomic E-state index is 0. The summed E-state index contributed by atoms with van der Waals surface area (Å²) in [6.45, 7) is 2.99. The van der Waals surface area contributed by atoms with Crippen LogP contribution < -0.4 is 5.32 Å². The Hall–Kier alpha value is -0.530. The smallest absolute Gasteiger partial charge is 0.220 e. The van der Waals surface area contributed by atoms with Gasteiger partial charge in [-0.05, 0) is 6.26 Å². The Bertz CT molecular complexity index is 601. The van der Waals surface area contributed by atoms with Crippen molar-refractivity contribution in [3.8, 4) is 0 Å². The molecule has 0 saturated carbocycles. The molecule has 0 unspecified atom stereocenters. The van der Waals surface area contributed by atoms with Crippen LogP contribution in [0.5, 0.6) is 0 Å². The van der Waals surface area contributed by atoms with Gasteiger partial charge in [0.2, 0.25) is 10.0 Å². The molecular formula is C13H24IN5O3S2. The van der Waals surface area contributed by atoms with Gasteiger partial charge >= 0.3 is 0 Å². The molecule has 0 radical (unpaired) electrons. The fourth-order valence-corrected chi connectivity index (χ4v) is 4.10. The van der Waals surface area contributed by atoms with Crippen molar-refractivity contribution < 1.29 is 12.9 Å². The summed E-state index contributed by atoms with van der Waals surface area (Å²) in [5.74, 6) is 1.71. The van der Waals surface area contributed by atoms with Crippen LogP contribution in [0.15, 0.2) is 21.8 Å². The molecule has 1 aromatic heterocycles. The Morgan fingerprint density at radius 3 is 2.67 bits per heavy atom. The van der Waals surface area contributed by atoms with Crippen LogP contribution in [0.25, 0.3) is 0 Å². The summed E-state index contributed by atoms with van der Waals surface area (Å²) in [7, 11) is -1.62. The Morgan fingerprint density at radius 2 is 2.12 bits per heavy atom. The van der Waals surface area contributed by atoms with E-state index in [1.807, 2.05) is 0 Å². The normalized spacial score (nSPS) is 16.8. The second-order valence-corrected chi connectivity index (χ2v) is 8.05. The zero-order valence-electron chi connectivity index (χ0n) is 13.8. The number of aliphatic imine (C=N–C) groups is 1. The van der Waals surface area contributed by atoms with Crippen molar-refractivity contribution in [1.82, 2.24) is 19.7 Å². The predicted octanol–water partition coefficient (Wildman–Crippen LogP) is 0.678. The molecule has 0 amide bonds. The highest BCUT2D eigenvalue weighted by atomic mass is 127. The van der Waals surface area contributed by atoms with E-state index in [0.717, 1.165) is 18.3 Å². The zero-order valence-corrected chi connectivity index (χ0v) is 17.8. The Kier molecular flexibility index (Phi) is 9.37. The van der Waals surface area contributed by atoms with Crippen LogP contribution in [0.3, 0.4) is 0 Å². The predicted molar refractivity (Wildman–Crippen MR) is 107 cm³/mol. The van der Waals surface area contributed by atoms with Gasteiger partial charge in [-0.25, -0.2) is 8.42 Å². The van der Waals surface area contributed by atoms with Crippen molar-refractivity contribution in [3.63, 3.8) is 0 Å². The van der Waals surface area contributed by atoms with Crippen molar-refractivity contribution in [2.75, 3.05) is 51.8 Å². The average Bonchev–Trinajstić information content (AvgIpc) is 3.04. The molecule has 2 heterocycles. The minimum Gasteiger partial charge on any atom is -0.364 e. The van der Waals surface area contributed by atoms with E-state index < -0.39 is 10.0 Å². The monoisotopic (exact) mass is 489 g/mol. The van der Waals surface area contributed by atoms with Crippen molar-refractivity contribution in [3.05, 3.63) is 18.0 Å². The van der Waals surface area contributed by atoms with E-state index in [1.54, 1.807) is 24.9 Å². The van der Waals surface area contributed by atoms with Crippen LogP contribution in [-0.4, -0.2) is 80.5 Å². The SMILES string of the molecule is CN=C(NCCSC)N1CCN(S(=O)(=O)Cc2ccon2)CC1.I. The van der Waals surface area contributed by atoms with Crippen molar-refractivity contribution in [1.29, 1.82) is 0 Å². The number of hydrogen-bond donors (Lipinski definition) is 1. The molecule has 0 aliphatic carbocycles. The highest BCUT2D eigenvalue weighted by molar-refractivity contribution is 14.0. The molecule has 1 N–H and O–H groups in total. The first kappa shape index (κ1) is 21.5. The quantitative estimate of drug-likeness (QED) is 0.272. The number of halogens is 1. The summed E-state index contributed by atoms with van der Waals surface area (Å²) in [6.07, 6.45) is 3.44. The molecule has 24 heavy (non-hydrogen) atoms. The molecule has 1 aliphatic heterocycles. The number of nitrogens with one attached hydrogen (secondary N) is 1. The highest BCUT2D eigenvalue weighted by Gasteiger charge is 2.28. The second kappa shape index (κ2) is 10.5. The summed E-state index contributed by atoms with van der Waals surface area (Å²) in [4.78, 5) is 6.35. The molecule has 0 spiro atoms.